The summed E-state index contributed by atoms with van der Waals surface area (Å²) in [5.74, 6) is -0.279. The molecule has 3 N–H and O–H groups in total. The molecule has 0 bridgehead atoms. The Kier molecular flexibility index (Phi) is 5.06. The largest absolute Gasteiger partial charge is 0.466 e. The van der Waals surface area contributed by atoms with Crippen molar-refractivity contribution in [3.05, 3.63) is 33.8 Å². The first-order chi connectivity index (χ1) is 7.56. The number of rotatable bonds is 4. The Hall–Kier alpha value is -0.770. The monoisotopic (exact) mass is 262 g/mol. The molecule has 16 heavy (non-hydrogen) atoms. The molecule has 0 heterocycles. The van der Waals surface area contributed by atoms with Gasteiger partial charge in [0.1, 0.15) is 12.5 Å². The molecular formula is C11H14Cl2NO2+. The molecule has 1 aromatic rings. The van der Waals surface area contributed by atoms with Crippen LogP contribution in [0.1, 0.15) is 24.9 Å². The van der Waals surface area contributed by atoms with Crippen LogP contribution in [-0.2, 0) is 9.53 Å². The lowest BCUT2D eigenvalue weighted by Gasteiger charge is -2.10. The second kappa shape index (κ2) is 6.09. The van der Waals surface area contributed by atoms with Crippen LogP contribution in [0.3, 0.4) is 0 Å². The van der Waals surface area contributed by atoms with Gasteiger partial charge in [0, 0.05) is 5.56 Å². The van der Waals surface area contributed by atoms with Gasteiger partial charge in [-0.15, -0.1) is 0 Å². The molecule has 1 atom stereocenters. The van der Waals surface area contributed by atoms with Gasteiger partial charge in [-0.2, -0.15) is 0 Å². The van der Waals surface area contributed by atoms with Crippen molar-refractivity contribution in [2.45, 2.75) is 19.4 Å². The number of halogens is 2. The van der Waals surface area contributed by atoms with Crippen LogP contribution in [0, 0.1) is 0 Å². The van der Waals surface area contributed by atoms with Gasteiger partial charge in [-0.3, -0.25) is 4.79 Å². The summed E-state index contributed by atoms with van der Waals surface area (Å²) in [5.41, 5.74) is 4.65. The Morgan fingerprint density at radius 1 is 1.50 bits per heavy atom. The van der Waals surface area contributed by atoms with Crippen LogP contribution in [0.2, 0.25) is 10.0 Å². The van der Waals surface area contributed by atoms with Crippen molar-refractivity contribution in [1.82, 2.24) is 0 Å². The molecule has 0 aromatic heterocycles. The Labute approximate surface area is 104 Å². The van der Waals surface area contributed by atoms with Crippen molar-refractivity contribution in [3.63, 3.8) is 0 Å². The van der Waals surface area contributed by atoms with Crippen LogP contribution < -0.4 is 5.73 Å². The Balaban J connectivity index is 2.76. The normalized spacial score (nSPS) is 12.2. The molecule has 1 rings (SSSR count). The highest BCUT2D eigenvalue weighted by Gasteiger charge is 2.19. The lowest BCUT2D eigenvalue weighted by Crippen LogP contribution is -2.54. The summed E-state index contributed by atoms with van der Waals surface area (Å²) in [6.07, 6.45) is 0.202. The molecule has 0 saturated carbocycles. The molecule has 0 fully saturated rings. The molecular weight excluding hydrogens is 249 g/mol. The first kappa shape index (κ1) is 13.3. The number of benzene rings is 1. The summed E-state index contributed by atoms with van der Waals surface area (Å²) in [6.45, 7) is 2.14. The van der Waals surface area contributed by atoms with Crippen molar-refractivity contribution >= 4 is 29.2 Å². The molecule has 1 aromatic carbocycles. The first-order valence-corrected chi connectivity index (χ1v) is 5.74. The molecule has 5 heteroatoms. The van der Waals surface area contributed by atoms with Crippen LogP contribution in [0.15, 0.2) is 18.2 Å². The third kappa shape index (κ3) is 3.37. The van der Waals surface area contributed by atoms with E-state index in [-0.39, 0.29) is 18.4 Å². The van der Waals surface area contributed by atoms with Gasteiger partial charge in [0.05, 0.1) is 16.7 Å². The predicted molar refractivity (Wildman–Crippen MR) is 63.3 cm³/mol. The van der Waals surface area contributed by atoms with Crippen molar-refractivity contribution in [1.29, 1.82) is 0 Å². The third-order valence-corrected chi connectivity index (χ3v) is 2.97. The van der Waals surface area contributed by atoms with E-state index >= 15 is 0 Å². The van der Waals surface area contributed by atoms with E-state index in [0.29, 0.717) is 16.7 Å². The standard InChI is InChI=1S/C11H13Cl2NO2/c1-2-16-10(15)6-9(14)7-4-3-5-8(12)11(7)13/h3-5,9H,2,6,14H2,1H3/p+1/t9-/m0/s1. The number of carbonyl (C=O) groups excluding carboxylic acids is 1. The van der Waals surface area contributed by atoms with E-state index in [1.807, 2.05) is 6.07 Å². The molecule has 0 unspecified atom stereocenters. The third-order valence-electron chi connectivity index (χ3n) is 2.14. The Bertz CT molecular complexity index is 382. The Morgan fingerprint density at radius 3 is 2.81 bits per heavy atom. The van der Waals surface area contributed by atoms with E-state index in [2.05, 4.69) is 5.73 Å². The molecule has 0 radical (unpaired) electrons. The van der Waals surface area contributed by atoms with Gasteiger partial charge in [-0.05, 0) is 13.0 Å². The molecule has 0 spiro atoms. The quantitative estimate of drug-likeness (QED) is 0.847. The number of hydrogen-bond acceptors (Lipinski definition) is 2. The van der Waals surface area contributed by atoms with Gasteiger partial charge in [0.2, 0.25) is 0 Å². The average molecular weight is 263 g/mol. The van der Waals surface area contributed by atoms with Gasteiger partial charge >= 0.3 is 5.97 Å². The minimum atomic E-state index is -0.279. The predicted octanol–water partition coefficient (Wildman–Crippen LogP) is 2.23. The molecule has 0 aliphatic rings. The zero-order valence-electron chi connectivity index (χ0n) is 9.00. The number of carbonyl (C=O) groups is 1. The second-order valence-electron chi connectivity index (χ2n) is 3.35. The summed E-state index contributed by atoms with van der Waals surface area (Å²) >= 11 is 11.9. The minimum absolute atomic E-state index is 0.202. The summed E-state index contributed by atoms with van der Waals surface area (Å²) in [6, 6.07) is 5.05. The van der Waals surface area contributed by atoms with Crippen molar-refractivity contribution < 1.29 is 15.3 Å². The smallest absolute Gasteiger partial charge is 0.312 e. The van der Waals surface area contributed by atoms with Crippen LogP contribution >= 0.6 is 23.2 Å². The molecule has 0 saturated heterocycles. The summed E-state index contributed by atoms with van der Waals surface area (Å²) in [7, 11) is 0. The molecule has 0 aliphatic heterocycles. The maximum absolute atomic E-state index is 11.3. The van der Waals surface area contributed by atoms with E-state index in [9.17, 15) is 4.79 Å². The number of esters is 1. The highest BCUT2D eigenvalue weighted by molar-refractivity contribution is 6.42. The average Bonchev–Trinajstić information content (AvgIpc) is 2.22. The van der Waals surface area contributed by atoms with E-state index in [4.69, 9.17) is 27.9 Å². The summed E-state index contributed by atoms with van der Waals surface area (Å²) in [4.78, 5) is 11.3. The summed E-state index contributed by atoms with van der Waals surface area (Å²) in [5, 5.41) is 0.921. The van der Waals surface area contributed by atoms with E-state index < -0.39 is 0 Å². The van der Waals surface area contributed by atoms with Crippen LogP contribution in [0.4, 0.5) is 0 Å². The van der Waals surface area contributed by atoms with Crippen molar-refractivity contribution in [2.75, 3.05) is 6.61 Å². The number of hydrogen-bond donors (Lipinski definition) is 1. The second-order valence-corrected chi connectivity index (χ2v) is 4.13. The summed E-state index contributed by atoms with van der Waals surface area (Å²) < 4.78 is 4.85. The highest BCUT2D eigenvalue weighted by atomic mass is 35.5. The maximum atomic E-state index is 11.3. The van der Waals surface area contributed by atoms with Gasteiger partial charge < -0.3 is 10.5 Å². The lowest BCUT2D eigenvalue weighted by atomic mass is 10.0. The molecule has 0 amide bonds. The highest BCUT2D eigenvalue weighted by Crippen LogP contribution is 2.29. The van der Waals surface area contributed by atoms with Crippen LogP contribution in [0.5, 0.6) is 0 Å². The van der Waals surface area contributed by atoms with Gasteiger partial charge in [0.25, 0.3) is 0 Å². The van der Waals surface area contributed by atoms with Crippen molar-refractivity contribution in [2.24, 2.45) is 0 Å². The van der Waals surface area contributed by atoms with E-state index in [1.54, 1.807) is 19.1 Å². The van der Waals surface area contributed by atoms with Gasteiger partial charge in [-0.1, -0.05) is 35.3 Å². The van der Waals surface area contributed by atoms with E-state index in [1.165, 1.54) is 0 Å². The number of ether oxygens (including phenoxy) is 1. The topological polar surface area (TPSA) is 53.9 Å². The van der Waals surface area contributed by atoms with Crippen LogP contribution in [-0.4, -0.2) is 12.6 Å². The lowest BCUT2D eigenvalue weighted by molar-refractivity contribution is -0.425. The maximum Gasteiger partial charge on any atom is 0.312 e. The Morgan fingerprint density at radius 2 is 2.19 bits per heavy atom. The zero-order chi connectivity index (χ0) is 12.1. The number of quaternary nitrogens is 1. The fourth-order valence-corrected chi connectivity index (χ4v) is 1.83. The minimum Gasteiger partial charge on any atom is -0.466 e. The van der Waals surface area contributed by atoms with Gasteiger partial charge in [-0.25, -0.2) is 0 Å². The first-order valence-electron chi connectivity index (χ1n) is 4.98. The fourth-order valence-electron chi connectivity index (χ4n) is 1.37. The van der Waals surface area contributed by atoms with Gasteiger partial charge in [0.15, 0.2) is 0 Å². The molecule has 0 aliphatic carbocycles. The van der Waals surface area contributed by atoms with Crippen molar-refractivity contribution in [3.8, 4) is 0 Å². The molecule has 3 nitrogen and oxygen atoms in total. The molecule has 88 valence electrons. The fraction of sp³-hybridized carbons (Fsp3) is 0.364. The van der Waals surface area contributed by atoms with Crippen LogP contribution in [0.25, 0.3) is 0 Å². The SMILES string of the molecule is CCOC(=O)C[C@H]([NH3+])c1cccc(Cl)c1Cl. The zero-order valence-corrected chi connectivity index (χ0v) is 10.5. The van der Waals surface area contributed by atoms with E-state index in [0.717, 1.165) is 5.56 Å².